The largest absolute Gasteiger partial charge is 0.573 e. The van der Waals surface area contributed by atoms with E-state index < -0.39 is 35.8 Å². The smallest absolute Gasteiger partial charge is 0.485 e. The Labute approximate surface area is 159 Å². The molecule has 1 fully saturated rings. The number of carbonyl (C=O) groups excluding carboxylic acids is 2. The lowest BCUT2D eigenvalue weighted by Gasteiger charge is -2.48. The van der Waals surface area contributed by atoms with E-state index in [-0.39, 0.29) is 36.9 Å². The number of halogens is 3. The van der Waals surface area contributed by atoms with E-state index in [1.165, 1.54) is 22.8 Å². The van der Waals surface area contributed by atoms with Gasteiger partial charge >= 0.3 is 6.36 Å². The van der Waals surface area contributed by atoms with Gasteiger partial charge in [0, 0.05) is 25.6 Å². The van der Waals surface area contributed by atoms with Crippen molar-refractivity contribution in [3.63, 3.8) is 0 Å². The van der Waals surface area contributed by atoms with Gasteiger partial charge in [-0.2, -0.15) is 0 Å². The maximum Gasteiger partial charge on any atom is 0.573 e. The average Bonchev–Trinajstić information content (AvgIpc) is 2.55. The van der Waals surface area contributed by atoms with Crippen molar-refractivity contribution in [2.75, 3.05) is 19.6 Å². The Balaban J connectivity index is 1.99. The molecule has 154 valence electrons. The van der Waals surface area contributed by atoms with Crippen molar-refractivity contribution >= 4 is 11.8 Å². The Morgan fingerprint density at radius 2 is 2.00 bits per heavy atom. The van der Waals surface area contributed by atoms with Crippen molar-refractivity contribution in [3.05, 3.63) is 23.8 Å². The number of hydrogen-bond acceptors (Lipinski definition) is 5. The van der Waals surface area contributed by atoms with E-state index in [4.69, 9.17) is 4.74 Å². The summed E-state index contributed by atoms with van der Waals surface area (Å²) in [6.45, 7) is 4.85. The van der Waals surface area contributed by atoms with Gasteiger partial charge in [-0.05, 0) is 32.0 Å². The van der Waals surface area contributed by atoms with Crippen LogP contribution in [0, 0.1) is 0 Å². The summed E-state index contributed by atoms with van der Waals surface area (Å²) in [5, 5.41) is 10.8. The fraction of sp³-hybridized carbons (Fsp3) is 0.556. The number of piperazine rings is 1. The maximum absolute atomic E-state index is 12.7. The van der Waals surface area contributed by atoms with Crippen molar-refractivity contribution in [2.45, 2.75) is 44.9 Å². The van der Waals surface area contributed by atoms with E-state index in [0.717, 1.165) is 12.1 Å². The number of alkyl halides is 3. The fourth-order valence-corrected chi connectivity index (χ4v) is 3.53. The topological polar surface area (TPSA) is 79.3 Å². The van der Waals surface area contributed by atoms with Gasteiger partial charge in [0.1, 0.15) is 23.2 Å². The molecule has 1 saturated heterocycles. The predicted octanol–water partition coefficient (Wildman–Crippen LogP) is 1.85. The number of aliphatic hydroxyl groups is 1. The zero-order chi connectivity index (χ0) is 20.9. The molecule has 28 heavy (non-hydrogen) atoms. The molecular formula is C18H21F3N2O5. The van der Waals surface area contributed by atoms with Gasteiger partial charge in [-0.15, -0.1) is 13.2 Å². The van der Waals surface area contributed by atoms with Crippen LogP contribution in [-0.2, 0) is 9.59 Å². The van der Waals surface area contributed by atoms with Gasteiger partial charge in [0.15, 0.2) is 0 Å². The molecule has 7 nitrogen and oxygen atoms in total. The molecule has 2 aliphatic heterocycles. The third-order valence-electron chi connectivity index (χ3n) is 4.96. The third kappa shape index (κ3) is 3.87. The normalized spacial score (nSPS) is 24.5. The first kappa shape index (κ1) is 20.2. The van der Waals surface area contributed by atoms with Crippen LogP contribution in [-0.4, -0.2) is 64.4 Å². The Bertz CT molecular complexity index is 796. The molecule has 0 aromatic heterocycles. The van der Waals surface area contributed by atoms with Crippen LogP contribution in [0.5, 0.6) is 11.5 Å². The third-order valence-corrected chi connectivity index (χ3v) is 4.96. The van der Waals surface area contributed by atoms with Crippen LogP contribution in [0.4, 0.5) is 13.2 Å². The van der Waals surface area contributed by atoms with Crippen LogP contribution in [0.1, 0.15) is 32.4 Å². The van der Waals surface area contributed by atoms with Crippen molar-refractivity contribution in [1.29, 1.82) is 0 Å². The molecule has 0 unspecified atom stereocenters. The van der Waals surface area contributed by atoms with Crippen LogP contribution in [0.3, 0.4) is 0 Å². The summed E-state index contributed by atoms with van der Waals surface area (Å²) >= 11 is 0. The first-order valence-electron chi connectivity index (χ1n) is 8.71. The van der Waals surface area contributed by atoms with Crippen LogP contribution in [0.25, 0.3) is 0 Å². The Morgan fingerprint density at radius 1 is 1.32 bits per heavy atom. The van der Waals surface area contributed by atoms with Gasteiger partial charge in [-0.25, -0.2) is 0 Å². The van der Waals surface area contributed by atoms with Crippen molar-refractivity contribution < 1.29 is 37.3 Å². The highest BCUT2D eigenvalue weighted by molar-refractivity contribution is 5.85. The molecule has 1 aromatic rings. The highest BCUT2D eigenvalue weighted by Crippen LogP contribution is 2.45. The van der Waals surface area contributed by atoms with E-state index in [0.29, 0.717) is 0 Å². The zero-order valence-corrected chi connectivity index (χ0v) is 15.6. The quantitative estimate of drug-likeness (QED) is 0.817. The molecule has 0 radical (unpaired) electrons. The second-order valence-electron chi connectivity index (χ2n) is 7.37. The summed E-state index contributed by atoms with van der Waals surface area (Å²) < 4.78 is 47.5. The van der Waals surface area contributed by atoms with Gasteiger partial charge < -0.3 is 24.4 Å². The maximum atomic E-state index is 12.7. The SMILES string of the molecule is CC(=O)N1CCN([C@H]2c3cc(OC(F)(F)F)ccc3OC(C)(C)[C@@H]2O)C(=O)C1. The van der Waals surface area contributed by atoms with Gasteiger partial charge in [0.05, 0.1) is 12.6 Å². The Hall–Kier alpha value is -2.49. The Kier molecular flexibility index (Phi) is 4.95. The summed E-state index contributed by atoms with van der Waals surface area (Å²) in [5.74, 6) is -0.864. The molecule has 2 amide bonds. The molecule has 2 atom stereocenters. The van der Waals surface area contributed by atoms with E-state index in [2.05, 4.69) is 4.74 Å². The Morgan fingerprint density at radius 3 is 2.57 bits per heavy atom. The summed E-state index contributed by atoms with van der Waals surface area (Å²) in [5.41, 5.74) is -0.861. The van der Waals surface area contributed by atoms with Crippen LogP contribution >= 0.6 is 0 Å². The monoisotopic (exact) mass is 402 g/mol. The number of amides is 2. The standard InChI is InChI=1S/C18H21F3N2O5/c1-10(24)22-6-7-23(14(25)9-22)15-12-8-11(27-18(19,20)21)4-5-13(12)28-17(2,3)16(15)26/h4-5,8,15-16,26H,6-7,9H2,1-3H3/t15-,16+/m0/s1. The number of rotatable bonds is 2. The first-order valence-corrected chi connectivity index (χ1v) is 8.71. The molecule has 2 heterocycles. The molecule has 10 heteroatoms. The van der Waals surface area contributed by atoms with Crippen LogP contribution in [0.15, 0.2) is 18.2 Å². The molecule has 0 spiro atoms. The highest BCUT2D eigenvalue weighted by atomic mass is 19.4. The van der Waals surface area contributed by atoms with Gasteiger partial charge in [-0.1, -0.05) is 0 Å². The zero-order valence-electron chi connectivity index (χ0n) is 15.6. The minimum absolute atomic E-state index is 0.139. The fourth-order valence-electron chi connectivity index (χ4n) is 3.53. The van der Waals surface area contributed by atoms with Gasteiger partial charge in [0.2, 0.25) is 11.8 Å². The number of aliphatic hydroxyl groups excluding tert-OH is 1. The van der Waals surface area contributed by atoms with E-state index >= 15 is 0 Å². The molecule has 2 aliphatic rings. The average molecular weight is 402 g/mol. The molecule has 0 saturated carbocycles. The molecule has 1 N–H and O–H groups in total. The molecular weight excluding hydrogens is 381 g/mol. The summed E-state index contributed by atoms with van der Waals surface area (Å²) in [6.07, 6.45) is -6.07. The number of fused-ring (bicyclic) bond motifs is 1. The lowest BCUT2D eigenvalue weighted by Crippen LogP contribution is -2.59. The van der Waals surface area contributed by atoms with E-state index in [9.17, 15) is 27.9 Å². The molecule has 0 aliphatic carbocycles. The predicted molar refractivity (Wildman–Crippen MR) is 90.5 cm³/mol. The minimum atomic E-state index is -4.87. The lowest BCUT2D eigenvalue weighted by molar-refractivity contribution is -0.274. The van der Waals surface area contributed by atoms with Gasteiger partial charge in [-0.3, -0.25) is 9.59 Å². The first-order chi connectivity index (χ1) is 12.9. The number of carbonyl (C=O) groups is 2. The van der Waals surface area contributed by atoms with Crippen molar-refractivity contribution in [3.8, 4) is 11.5 Å². The molecule has 0 bridgehead atoms. The summed E-state index contributed by atoms with van der Waals surface area (Å²) in [4.78, 5) is 26.9. The van der Waals surface area contributed by atoms with Crippen molar-refractivity contribution in [1.82, 2.24) is 9.80 Å². The summed E-state index contributed by atoms with van der Waals surface area (Å²) in [6, 6.07) is 2.63. The second-order valence-corrected chi connectivity index (χ2v) is 7.37. The highest BCUT2D eigenvalue weighted by Gasteiger charge is 2.48. The van der Waals surface area contributed by atoms with E-state index in [1.807, 2.05) is 0 Å². The number of hydrogen-bond donors (Lipinski definition) is 1. The molecule has 3 rings (SSSR count). The van der Waals surface area contributed by atoms with E-state index in [1.54, 1.807) is 13.8 Å². The number of benzene rings is 1. The number of ether oxygens (including phenoxy) is 2. The molecule has 1 aromatic carbocycles. The number of nitrogens with zero attached hydrogens (tertiary/aromatic N) is 2. The van der Waals surface area contributed by atoms with Crippen molar-refractivity contribution in [2.24, 2.45) is 0 Å². The van der Waals surface area contributed by atoms with Crippen LogP contribution < -0.4 is 9.47 Å². The van der Waals surface area contributed by atoms with Crippen LogP contribution in [0.2, 0.25) is 0 Å². The minimum Gasteiger partial charge on any atom is -0.485 e. The summed E-state index contributed by atoms with van der Waals surface area (Å²) in [7, 11) is 0. The lowest BCUT2D eigenvalue weighted by atomic mass is 9.85. The van der Waals surface area contributed by atoms with Gasteiger partial charge in [0.25, 0.3) is 0 Å². The second kappa shape index (κ2) is 6.84.